The molecule has 0 spiro atoms. The zero-order valence-electron chi connectivity index (χ0n) is 5.81. The molecule has 0 bridgehead atoms. The molecule has 0 rings (SSSR count). The number of aliphatic imine (C=N–C) groups is 1. The SMILES string of the molecule is C=NC(CC)=[N+](C)C. The molecule has 0 aliphatic rings. The Morgan fingerprint density at radius 3 is 2.12 bits per heavy atom. The standard InChI is InChI=1S/C6H13N2/c1-5-6(7-2)8(3)4/h2,5H2,1,3-4H3/q+1. The Balaban J connectivity index is 4.07. The van der Waals surface area contributed by atoms with E-state index in [1.54, 1.807) is 0 Å². The normalized spacial score (nSPS) is 8.38. The van der Waals surface area contributed by atoms with E-state index in [4.69, 9.17) is 0 Å². The summed E-state index contributed by atoms with van der Waals surface area (Å²) in [6.07, 6.45) is 0.955. The maximum atomic E-state index is 3.80. The summed E-state index contributed by atoms with van der Waals surface area (Å²) in [7, 11) is 3.93. The van der Waals surface area contributed by atoms with Crippen LogP contribution in [0.5, 0.6) is 0 Å². The minimum absolute atomic E-state index is 0.955. The molecule has 2 nitrogen and oxygen atoms in total. The van der Waals surface area contributed by atoms with E-state index in [0.29, 0.717) is 0 Å². The van der Waals surface area contributed by atoms with E-state index in [-0.39, 0.29) is 0 Å². The third kappa shape index (κ3) is 1.87. The van der Waals surface area contributed by atoms with Gasteiger partial charge in [0.15, 0.2) is 0 Å². The van der Waals surface area contributed by atoms with Crippen LogP contribution in [0.15, 0.2) is 4.99 Å². The second kappa shape index (κ2) is 3.36. The van der Waals surface area contributed by atoms with Gasteiger partial charge in [0.2, 0.25) is 0 Å². The van der Waals surface area contributed by atoms with Crippen LogP contribution in [0.1, 0.15) is 13.3 Å². The van der Waals surface area contributed by atoms with Crippen molar-refractivity contribution in [2.45, 2.75) is 13.3 Å². The highest BCUT2D eigenvalue weighted by molar-refractivity contribution is 5.81. The molecule has 0 fully saturated rings. The number of amidine groups is 1. The van der Waals surface area contributed by atoms with Crippen molar-refractivity contribution in [1.82, 2.24) is 0 Å². The molecular weight excluding hydrogens is 100 g/mol. The van der Waals surface area contributed by atoms with E-state index in [1.165, 1.54) is 0 Å². The molecule has 2 heteroatoms. The van der Waals surface area contributed by atoms with Crippen LogP contribution in [0.25, 0.3) is 0 Å². The number of nitrogens with zero attached hydrogens (tertiary/aromatic N) is 2. The van der Waals surface area contributed by atoms with Crippen LogP contribution in [0.4, 0.5) is 0 Å². The van der Waals surface area contributed by atoms with Gasteiger partial charge in [0.25, 0.3) is 5.84 Å². The van der Waals surface area contributed by atoms with E-state index in [0.717, 1.165) is 12.3 Å². The first-order valence-electron chi connectivity index (χ1n) is 2.72. The highest BCUT2D eigenvalue weighted by Gasteiger charge is 1.98. The lowest BCUT2D eigenvalue weighted by atomic mass is 10.4. The predicted molar refractivity (Wildman–Crippen MR) is 37.0 cm³/mol. The van der Waals surface area contributed by atoms with Gasteiger partial charge in [-0.25, -0.2) is 0 Å². The van der Waals surface area contributed by atoms with E-state index < -0.39 is 0 Å². The van der Waals surface area contributed by atoms with Gasteiger partial charge in [-0.05, 0) is 0 Å². The van der Waals surface area contributed by atoms with E-state index in [9.17, 15) is 0 Å². The van der Waals surface area contributed by atoms with Crippen LogP contribution in [0.2, 0.25) is 0 Å². The van der Waals surface area contributed by atoms with Crippen LogP contribution >= 0.6 is 0 Å². The fourth-order valence-electron chi connectivity index (χ4n) is 0.569. The maximum Gasteiger partial charge on any atom is 0.292 e. The van der Waals surface area contributed by atoms with Gasteiger partial charge < -0.3 is 0 Å². The third-order valence-electron chi connectivity index (χ3n) is 1.01. The summed E-state index contributed by atoms with van der Waals surface area (Å²) in [6.45, 7) is 5.48. The first-order chi connectivity index (χ1) is 3.72. The summed E-state index contributed by atoms with van der Waals surface area (Å²) in [5.74, 6) is 1.03. The van der Waals surface area contributed by atoms with Crippen molar-refractivity contribution in [1.29, 1.82) is 0 Å². The van der Waals surface area contributed by atoms with Gasteiger partial charge in [0.05, 0.1) is 20.5 Å². The van der Waals surface area contributed by atoms with Crippen molar-refractivity contribution in [3.05, 3.63) is 0 Å². The molecule has 0 aliphatic heterocycles. The summed E-state index contributed by atoms with van der Waals surface area (Å²) < 4.78 is 1.97. The Labute approximate surface area is 50.6 Å². The van der Waals surface area contributed by atoms with Gasteiger partial charge in [-0.15, -0.1) is 0 Å². The molecule has 0 atom stereocenters. The van der Waals surface area contributed by atoms with Crippen LogP contribution < -0.4 is 0 Å². The average molecular weight is 113 g/mol. The minimum Gasteiger partial charge on any atom is -0.268 e. The Kier molecular flexibility index (Phi) is 3.08. The maximum absolute atomic E-state index is 3.80. The zero-order chi connectivity index (χ0) is 6.57. The van der Waals surface area contributed by atoms with E-state index >= 15 is 0 Å². The lowest BCUT2D eigenvalue weighted by Crippen LogP contribution is -2.08. The number of rotatable bonds is 1. The van der Waals surface area contributed by atoms with E-state index in [2.05, 4.69) is 18.6 Å². The zero-order valence-corrected chi connectivity index (χ0v) is 5.81. The first kappa shape index (κ1) is 7.34. The van der Waals surface area contributed by atoms with Gasteiger partial charge in [0, 0.05) is 0 Å². The lowest BCUT2D eigenvalue weighted by molar-refractivity contribution is -0.466. The fourth-order valence-corrected chi connectivity index (χ4v) is 0.569. The first-order valence-corrected chi connectivity index (χ1v) is 2.72. The molecule has 0 saturated heterocycles. The quantitative estimate of drug-likeness (QED) is 0.271. The summed E-state index contributed by atoms with van der Waals surface area (Å²) in [5, 5.41) is 0. The molecule has 0 saturated carbocycles. The van der Waals surface area contributed by atoms with Crippen LogP contribution in [-0.2, 0) is 0 Å². The summed E-state index contributed by atoms with van der Waals surface area (Å²) >= 11 is 0. The van der Waals surface area contributed by atoms with Crippen molar-refractivity contribution in [2.75, 3.05) is 14.1 Å². The minimum atomic E-state index is 0.955. The third-order valence-corrected chi connectivity index (χ3v) is 1.01. The molecule has 0 unspecified atom stereocenters. The van der Waals surface area contributed by atoms with Crippen molar-refractivity contribution in [3.63, 3.8) is 0 Å². The lowest BCUT2D eigenvalue weighted by Gasteiger charge is -1.89. The average Bonchev–Trinajstić information content (AvgIpc) is 1.69. The monoisotopic (exact) mass is 113 g/mol. The smallest absolute Gasteiger partial charge is 0.268 e. The molecule has 0 amide bonds. The molecule has 0 aliphatic carbocycles. The molecule has 0 aromatic heterocycles. The molecule has 8 heavy (non-hydrogen) atoms. The van der Waals surface area contributed by atoms with Crippen molar-refractivity contribution in [2.24, 2.45) is 4.99 Å². The Morgan fingerprint density at radius 1 is 1.62 bits per heavy atom. The summed E-state index contributed by atoms with van der Waals surface area (Å²) in [6, 6.07) is 0. The second-order valence-corrected chi connectivity index (χ2v) is 1.82. The van der Waals surface area contributed by atoms with Crippen LogP contribution in [0.3, 0.4) is 0 Å². The number of hydrogen-bond acceptors (Lipinski definition) is 0. The largest absolute Gasteiger partial charge is 0.292 e. The summed E-state index contributed by atoms with van der Waals surface area (Å²) in [4.78, 5) is 3.80. The molecular formula is C6H13N2+. The number of hydrogen-bond donors (Lipinski definition) is 0. The van der Waals surface area contributed by atoms with Gasteiger partial charge >= 0.3 is 0 Å². The summed E-state index contributed by atoms with van der Waals surface area (Å²) in [5.41, 5.74) is 0. The van der Waals surface area contributed by atoms with Crippen molar-refractivity contribution < 1.29 is 4.58 Å². The van der Waals surface area contributed by atoms with Crippen LogP contribution in [-0.4, -0.2) is 31.2 Å². The van der Waals surface area contributed by atoms with Crippen LogP contribution in [0, 0.1) is 0 Å². The molecule has 0 aromatic carbocycles. The van der Waals surface area contributed by atoms with Gasteiger partial charge in [0.1, 0.15) is 6.72 Å². The molecule has 0 radical (unpaired) electrons. The highest BCUT2D eigenvalue weighted by atomic mass is 15.0. The van der Waals surface area contributed by atoms with Gasteiger partial charge in [-0.1, -0.05) is 11.9 Å². The second-order valence-electron chi connectivity index (χ2n) is 1.82. The molecule has 0 N–H and O–H groups in total. The van der Waals surface area contributed by atoms with Gasteiger partial charge in [-0.2, -0.15) is 0 Å². The van der Waals surface area contributed by atoms with Gasteiger partial charge in [-0.3, -0.25) is 4.58 Å². The topological polar surface area (TPSA) is 15.4 Å². The Hall–Kier alpha value is -0.660. The molecule has 46 valence electrons. The molecule has 0 heterocycles. The van der Waals surface area contributed by atoms with E-state index in [1.807, 2.05) is 18.7 Å². The highest BCUT2D eigenvalue weighted by Crippen LogP contribution is 1.81. The fraction of sp³-hybridized carbons (Fsp3) is 0.667. The predicted octanol–water partition coefficient (Wildman–Crippen LogP) is 0.768. The Morgan fingerprint density at radius 2 is 2.12 bits per heavy atom. The Bertz CT molecular complexity index is 110. The van der Waals surface area contributed by atoms with Crippen molar-refractivity contribution >= 4 is 12.6 Å². The molecule has 0 aromatic rings. The van der Waals surface area contributed by atoms with Crippen molar-refractivity contribution in [3.8, 4) is 0 Å².